The first-order chi connectivity index (χ1) is 20.7. The molecule has 2 unspecified atom stereocenters. The number of para-hydroxylation sites is 2. The fraction of sp³-hybridized carbons (Fsp3) is 0.0526. The van der Waals surface area contributed by atoms with Gasteiger partial charge in [-0.3, -0.25) is 9.97 Å². The van der Waals surface area contributed by atoms with Crippen LogP contribution in [0.15, 0.2) is 146 Å². The van der Waals surface area contributed by atoms with Crippen molar-refractivity contribution in [2.24, 2.45) is 0 Å². The van der Waals surface area contributed by atoms with Crippen LogP contribution in [0.2, 0.25) is 0 Å². The van der Waals surface area contributed by atoms with E-state index in [1.165, 1.54) is 42.6 Å². The summed E-state index contributed by atoms with van der Waals surface area (Å²) in [6.45, 7) is 4.16. The van der Waals surface area contributed by atoms with Gasteiger partial charge in [-0.05, 0) is 63.0 Å². The standard InChI is InChI=1S/C38H30N2P2/c1-27-23-25-29-13-11-21-35(37(29)39-27)41(31-15-5-3-6-16-31)33-19-9-10-20-34(33)42(32-17-7-4-8-18-32)36-22-12-14-30-26-24-28(2)40-38(30)36/h3-26H,1-2H3. The van der Waals surface area contributed by atoms with Crippen molar-refractivity contribution in [2.45, 2.75) is 13.8 Å². The average molecular weight is 577 g/mol. The maximum Gasteiger partial charge on any atom is 0.0788 e. The first-order valence-corrected chi connectivity index (χ1v) is 16.9. The Morgan fingerprint density at radius 1 is 0.357 bits per heavy atom. The normalized spacial score (nSPS) is 12.8. The number of aromatic nitrogens is 2. The number of hydrogen-bond acceptors (Lipinski definition) is 2. The summed E-state index contributed by atoms with van der Waals surface area (Å²) in [4.78, 5) is 10.2. The van der Waals surface area contributed by atoms with Crippen LogP contribution in [0.5, 0.6) is 0 Å². The van der Waals surface area contributed by atoms with Gasteiger partial charge in [-0.1, -0.05) is 133 Å². The Hall–Kier alpha value is -4.22. The third-order valence-corrected chi connectivity index (χ3v) is 12.8. The minimum absolute atomic E-state index is 0.908. The third kappa shape index (κ3) is 5.03. The van der Waals surface area contributed by atoms with E-state index in [0.29, 0.717) is 0 Å². The van der Waals surface area contributed by atoms with Gasteiger partial charge in [0, 0.05) is 32.8 Å². The monoisotopic (exact) mass is 576 g/mol. The fourth-order valence-corrected chi connectivity index (χ4v) is 11.1. The topological polar surface area (TPSA) is 25.8 Å². The first-order valence-electron chi connectivity index (χ1n) is 14.2. The van der Waals surface area contributed by atoms with Gasteiger partial charge >= 0.3 is 0 Å². The molecule has 0 amide bonds. The molecule has 2 heterocycles. The van der Waals surface area contributed by atoms with Crippen LogP contribution in [0.1, 0.15) is 11.4 Å². The first kappa shape index (κ1) is 26.7. The van der Waals surface area contributed by atoms with Crippen LogP contribution in [0, 0.1) is 13.8 Å². The molecule has 0 fully saturated rings. The zero-order valence-corrected chi connectivity index (χ0v) is 25.4. The van der Waals surface area contributed by atoms with Crippen LogP contribution in [0.3, 0.4) is 0 Å². The highest BCUT2D eigenvalue weighted by Gasteiger charge is 2.28. The van der Waals surface area contributed by atoms with Crippen molar-refractivity contribution in [1.82, 2.24) is 9.97 Å². The second kappa shape index (κ2) is 11.6. The third-order valence-electron chi connectivity index (χ3n) is 7.55. The Kier molecular flexibility index (Phi) is 7.35. The quantitative estimate of drug-likeness (QED) is 0.201. The molecular formula is C38H30N2P2. The summed E-state index contributed by atoms with van der Waals surface area (Å²) in [7, 11) is -1.82. The zero-order valence-electron chi connectivity index (χ0n) is 23.6. The van der Waals surface area contributed by atoms with Crippen LogP contribution in [0.4, 0.5) is 0 Å². The van der Waals surface area contributed by atoms with Crippen molar-refractivity contribution in [1.29, 1.82) is 0 Å². The van der Waals surface area contributed by atoms with Gasteiger partial charge in [0.25, 0.3) is 0 Å². The van der Waals surface area contributed by atoms with Gasteiger partial charge in [0.05, 0.1) is 11.0 Å². The van der Waals surface area contributed by atoms with Crippen LogP contribution >= 0.6 is 15.8 Å². The lowest BCUT2D eigenvalue weighted by Gasteiger charge is -2.28. The highest BCUT2D eigenvalue weighted by Crippen LogP contribution is 2.41. The molecule has 0 N–H and O–H groups in total. The van der Waals surface area contributed by atoms with Crippen LogP contribution in [0.25, 0.3) is 21.8 Å². The number of benzene rings is 5. The van der Waals surface area contributed by atoms with E-state index in [0.717, 1.165) is 22.4 Å². The molecule has 0 aliphatic carbocycles. The molecular weight excluding hydrogens is 546 g/mol. The van der Waals surface area contributed by atoms with Crippen molar-refractivity contribution in [3.63, 3.8) is 0 Å². The van der Waals surface area contributed by atoms with E-state index in [-0.39, 0.29) is 0 Å². The molecule has 42 heavy (non-hydrogen) atoms. The molecule has 2 nitrogen and oxygen atoms in total. The number of hydrogen-bond donors (Lipinski definition) is 0. The SMILES string of the molecule is Cc1ccc2cccc(P(c3ccccc3)c3ccccc3P(c3ccccc3)c3cccc4ccc(C)nc34)c2n1. The minimum Gasteiger partial charge on any atom is -0.252 e. The Balaban J connectivity index is 1.54. The smallest absolute Gasteiger partial charge is 0.0788 e. The van der Waals surface area contributed by atoms with Gasteiger partial charge in [0.1, 0.15) is 0 Å². The molecule has 2 aromatic heterocycles. The molecule has 7 aromatic rings. The van der Waals surface area contributed by atoms with E-state index >= 15 is 0 Å². The lowest BCUT2D eigenvalue weighted by molar-refractivity contribution is 1.26. The minimum atomic E-state index is -0.908. The lowest BCUT2D eigenvalue weighted by atomic mass is 10.2. The second-order valence-corrected chi connectivity index (χ2v) is 14.7. The average Bonchev–Trinajstić information content (AvgIpc) is 3.03. The largest absolute Gasteiger partial charge is 0.252 e. The lowest BCUT2D eigenvalue weighted by Crippen LogP contribution is -2.35. The Labute approximate surface area is 249 Å². The number of aryl methyl sites for hydroxylation is 2. The summed E-state index contributed by atoms with van der Waals surface area (Å²) in [5.41, 5.74) is 4.26. The van der Waals surface area contributed by atoms with Gasteiger partial charge in [0.15, 0.2) is 0 Å². The predicted octanol–water partition coefficient (Wildman–Crippen LogP) is 6.92. The van der Waals surface area contributed by atoms with Gasteiger partial charge in [0.2, 0.25) is 0 Å². The zero-order chi connectivity index (χ0) is 28.5. The van der Waals surface area contributed by atoms with Gasteiger partial charge in [-0.15, -0.1) is 0 Å². The van der Waals surface area contributed by atoms with E-state index in [9.17, 15) is 0 Å². The second-order valence-electron chi connectivity index (χ2n) is 10.4. The van der Waals surface area contributed by atoms with Gasteiger partial charge < -0.3 is 0 Å². The predicted molar refractivity (Wildman–Crippen MR) is 184 cm³/mol. The highest BCUT2D eigenvalue weighted by atomic mass is 31.1. The highest BCUT2D eigenvalue weighted by molar-refractivity contribution is 7.85. The molecule has 5 aromatic carbocycles. The summed E-state index contributed by atoms with van der Waals surface area (Å²) in [5, 5.41) is 10.3. The fourth-order valence-electron chi connectivity index (χ4n) is 5.63. The van der Waals surface area contributed by atoms with E-state index in [2.05, 4.69) is 159 Å². The van der Waals surface area contributed by atoms with Crippen molar-refractivity contribution < 1.29 is 0 Å². The molecule has 0 aliphatic rings. The van der Waals surface area contributed by atoms with Crippen molar-refractivity contribution in [3.8, 4) is 0 Å². The molecule has 2 atom stereocenters. The summed E-state index contributed by atoms with van der Waals surface area (Å²) in [5.74, 6) is 0. The molecule has 0 saturated carbocycles. The van der Waals surface area contributed by atoms with Crippen molar-refractivity contribution >= 4 is 69.5 Å². The van der Waals surface area contributed by atoms with Crippen molar-refractivity contribution in [3.05, 3.63) is 157 Å². The van der Waals surface area contributed by atoms with E-state index in [4.69, 9.17) is 9.97 Å². The molecule has 0 aliphatic heterocycles. The molecule has 202 valence electrons. The van der Waals surface area contributed by atoms with Crippen LogP contribution < -0.4 is 31.8 Å². The van der Waals surface area contributed by atoms with Crippen LogP contribution in [-0.2, 0) is 0 Å². The summed E-state index contributed by atoms with van der Waals surface area (Å²) in [6.07, 6.45) is 0. The molecule has 7 rings (SSSR count). The summed E-state index contributed by atoms with van der Waals surface area (Å²) in [6, 6.07) is 53.0. The van der Waals surface area contributed by atoms with Gasteiger partial charge in [-0.2, -0.15) is 0 Å². The maximum absolute atomic E-state index is 5.10. The molecule has 4 heteroatoms. The Morgan fingerprint density at radius 2 is 0.738 bits per heavy atom. The number of rotatable bonds is 6. The molecule has 0 radical (unpaired) electrons. The van der Waals surface area contributed by atoms with Crippen LogP contribution in [-0.4, -0.2) is 9.97 Å². The molecule has 0 saturated heterocycles. The maximum atomic E-state index is 5.10. The summed E-state index contributed by atoms with van der Waals surface area (Å²) >= 11 is 0. The summed E-state index contributed by atoms with van der Waals surface area (Å²) < 4.78 is 0. The van der Waals surface area contributed by atoms with E-state index in [1.807, 2.05) is 0 Å². The van der Waals surface area contributed by atoms with Gasteiger partial charge in [-0.25, -0.2) is 0 Å². The van der Waals surface area contributed by atoms with Crippen molar-refractivity contribution in [2.75, 3.05) is 0 Å². The Morgan fingerprint density at radius 3 is 1.17 bits per heavy atom. The van der Waals surface area contributed by atoms with E-state index in [1.54, 1.807) is 0 Å². The molecule has 0 bridgehead atoms. The number of nitrogens with zero attached hydrogens (tertiary/aromatic N) is 2. The Bertz CT molecular complexity index is 1880. The number of fused-ring (bicyclic) bond motifs is 2. The molecule has 0 spiro atoms. The number of pyridine rings is 2. The van der Waals surface area contributed by atoms with E-state index < -0.39 is 15.8 Å².